The van der Waals surface area contributed by atoms with E-state index in [0.717, 1.165) is 0 Å². The van der Waals surface area contributed by atoms with Gasteiger partial charge in [-0.05, 0) is 19.9 Å². The van der Waals surface area contributed by atoms with Crippen molar-refractivity contribution in [2.75, 3.05) is 7.05 Å². The molecule has 6 heteroatoms. The average Bonchev–Trinajstić information content (AvgIpc) is 1.88. The predicted molar refractivity (Wildman–Crippen MR) is 40.2 cm³/mol. The van der Waals surface area contributed by atoms with Gasteiger partial charge >= 0.3 is 6.18 Å². The minimum Gasteiger partial charge on any atom is -0.379 e. The first-order chi connectivity index (χ1) is 5.42. The Morgan fingerprint density at radius 3 is 2.00 bits per heavy atom. The van der Waals surface area contributed by atoms with E-state index in [4.69, 9.17) is 10.8 Å². The van der Waals surface area contributed by atoms with Gasteiger partial charge in [0.2, 0.25) is 0 Å². The molecule has 0 aromatic rings. The Bertz CT molecular complexity index is 95.3. The molecule has 3 nitrogen and oxygen atoms in total. The Hall–Kier alpha value is -0.330. The smallest absolute Gasteiger partial charge is 0.379 e. The third kappa shape index (κ3) is 16.3. The van der Waals surface area contributed by atoms with Crippen LogP contribution in [0.3, 0.4) is 0 Å². The van der Waals surface area contributed by atoms with Crippen molar-refractivity contribution in [1.82, 2.24) is 0 Å². The zero-order valence-electron chi connectivity index (χ0n) is 6.93. The van der Waals surface area contributed by atoms with E-state index in [2.05, 4.69) is 5.73 Å². The van der Waals surface area contributed by atoms with E-state index in [1.807, 2.05) is 0 Å². The van der Waals surface area contributed by atoms with Crippen LogP contribution in [0.25, 0.3) is 0 Å². The zero-order chi connectivity index (χ0) is 10.2. The molecule has 0 aliphatic heterocycles. The molecular weight excluding hydrogens is 173 g/mol. The van der Waals surface area contributed by atoms with Gasteiger partial charge in [0.15, 0.2) is 0 Å². The summed E-state index contributed by atoms with van der Waals surface area (Å²) in [4.78, 5) is 0. The summed E-state index contributed by atoms with van der Waals surface area (Å²) in [5.74, 6) is 0. The predicted octanol–water partition coefficient (Wildman–Crippen LogP) is 0.571. The minimum absolute atomic E-state index is 0.000486. The molecule has 0 saturated carbocycles. The summed E-state index contributed by atoms with van der Waals surface area (Å²) in [5.41, 5.74) is 9.31. The number of nitrogens with two attached hydrogens (primary N) is 2. The van der Waals surface area contributed by atoms with E-state index in [1.165, 1.54) is 7.05 Å². The summed E-state index contributed by atoms with van der Waals surface area (Å²) in [6, 6.07) is 0. The second kappa shape index (κ2) is 7.33. The molecule has 0 aliphatic carbocycles. The fraction of sp³-hybridized carbons (Fsp3) is 1.00. The molecule has 0 bridgehead atoms. The number of hydrogen-bond donors (Lipinski definition) is 3. The Kier molecular flexibility index (Phi) is 8.67. The number of aliphatic hydroxyl groups is 1. The van der Waals surface area contributed by atoms with Gasteiger partial charge in [0, 0.05) is 6.42 Å². The Labute approximate surface area is 69.5 Å². The molecule has 0 aliphatic rings. The van der Waals surface area contributed by atoms with Crippen molar-refractivity contribution >= 4 is 0 Å². The maximum Gasteiger partial charge on any atom is 0.389 e. The van der Waals surface area contributed by atoms with Crippen molar-refractivity contribution in [3.05, 3.63) is 0 Å². The van der Waals surface area contributed by atoms with Crippen LogP contribution in [0.5, 0.6) is 0 Å². The van der Waals surface area contributed by atoms with Crippen molar-refractivity contribution in [1.29, 1.82) is 0 Å². The molecule has 5 N–H and O–H groups in total. The van der Waals surface area contributed by atoms with E-state index in [0.29, 0.717) is 0 Å². The molecule has 0 spiro atoms. The largest absolute Gasteiger partial charge is 0.389 e. The van der Waals surface area contributed by atoms with Gasteiger partial charge in [0.05, 0.1) is 0 Å². The average molecular weight is 188 g/mol. The molecular formula is C6H15F3N2O. The quantitative estimate of drug-likeness (QED) is 0.567. The van der Waals surface area contributed by atoms with E-state index < -0.39 is 18.8 Å². The fourth-order valence-corrected chi connectivity index (χ4v) is 0.512. The van der Waals surface area contributed by atoms with Crippen LogP contribution in [0, 0.1) is 0 Å². The van der Waals surface area contributed by atoms with Gasteiger partial charge < -0.3 is 16.6 Å². The van der Waals surface area contributed by atoms with Crippen LogP contribution in [0.4, 0.5) is 13.2 Å². The number of rotatable bonds is 3. The lowest BCUT2D eigenvalue weighted by Crippen LogP contribution is -2.19. The maximum absolute atomic E-state index is 11.4. The van der Waals surface area contributed by atoms with Crippen LogP contribution in [0.2, 0.25) is 0 Å². The van der Waals surface area contributed by atoms with Crippen LogP contribution in [-0.2, 0) is 0 Å². The van der Waals surface area contributed by atoms with Crippen molar-refractivity contribution in [2.45, 2.75) is 31.7 Å². The standard InChI is InChI=1S/C5H10F3NO.CH5N/c6-5(7,8)3-1-2-4(9)10;1-2/h4,10H,1-3,9H2;2H2,1H3. The van der Waals surface area contributed by atoms with Crippen LogP contribution >= 0.6 is 0 Å². The fourth-order valence-electron chi connectivity index (χ4n) is 0.512. The van der Waals surface area contributed by atoms with Crippen LogP contribution in [0.1, 0.15) is 19.3 Å². The Morgan fingerprint density at radius 1 is 1.33 bits per heavy atom. The highest BCUT2D eigenvalue weighted by Gasteiger charge is 2.26. The zero-order valence-corrected chi connectivity index (χ0v) is 6.93. The van der Waals surface area contributed by atoms with Crippen molar-refractivity contribution in [3.8, 4) is 0 Å². The van der Waals surface area contributed by atoms with Crippen molar-refractivity contribution < 1.29 is 18.3 Å². The molecule has 0 fully saturated rings. The minimum atomic E-state index is -4.13. The molecule has 76 valence electrons. The summed E-state index contributed by atoms with van der Waals surface area (Å²) in [6.07, 6.45) is -6.24. The Morgan fingerprint density at radius 2 is 1.75 bits per heavy atom. The van der Waals surface area contributed by atoms with Gasteiger partial charge in [-0.15, -0.1) is 0 Å². The van der Waals surface area contributed by atoms with Gasteiger partial charge in [0.1, 0.15) is 6.23 Å². The first-order valence-electron chi connectivity index (χ1n) is 3.50. The normalized spacial score (nSPS) is 13.2. The van der Waals surface area contributed by atoms with E-state index in [9.17, 15) is 13.2 Å². The molecule has 0 heterocycles. The summed E-state index contributed by atoms with van der Waals surface area (Å²) in [5, 5.41) is 8.36. The molecule has 0 aromatic heterocycles. The third-order valence-corrected chi connectivity index (χ3v) is 0.960. The van der Waals surface area contributed by atoms with Crippen LogP contribution in [-0.4, -0.2) is 24.6 Å². The number of halogens is 3. The molecule has 0 rings (SSSR count). The lowest BCUT2D eigenvalue weighted by molar-refractivity contribution is -0.136. The van der Waals surface area contributed by atoms with Gasteiger partial charge in [0.25, 0.3) is 0 Å². The number of aliphatic hydroxyl groups excluding tert-OH is 1. The molecule has 0 radical (unpaired) electrons. The highest BCUT2D eigenvalue weighted by molar-refractivity contribution is 4.52. The Balaban J connectivity index is 0. The van der Waals surface area contributed by atoms with Gasteiger partial charge in [-0.1, -0.05) is 0 Å². The van der Waals surface area contributed by atoms with E-state index in [1.54, 1.807) is 0 Å². The van der Waals surface area contributed by atoms with Crippen LogP contribution in [0.15, 0.2) is 0 Å². The van der Waals surface area contributed by atoms with Gasteiger partial charge in [-0.2, -0.15) is 13.2 Å². The molecule has 0 amide bonds. The topological polar surface area (TPSA) is 72.3 Å². The first kappa shape index (κ1) is 14.2. The summed E-state index contributed by atoms with van der Waals surface area (Å²) < 4.78 is 34.2. The van der Waals surface area contributed by atoms with E-state index >= 15 is 0 Å². The summed E-state index contributed by atoms with van der Waals surface area (Å²) in [6.45, 7) is 0. The van der Waals surface area contributed by atoms with Crippen molar-refractivity contribution in [3.63, 3.8) is 0 Å². The number of alkyl halides is 3. The number of hydrogen-bond acceptors (Lipinski definition) is 3. The lowest BCUT2D eigenvalue weighted by Gasteiger charge is -2.06. The highest BCUT2D eigenvalue weighted by atomic mass is 19.4. The summed E-state index contributed by atoms with van der Waals surface area (Å²) >= 11 is 0. The molecule has 12 heavy (non-hydrogen) atoms. The first-order valence-corrected chi connectivity index (χ1v) is 3.50. The summed E-state index contributed by atoms with van der Waals surface area (Å²) in [7, 11) is 1.50. The second-order valence-corrected chi connectivity index (χ2v) is 2.07. The third-order valence-electron chi connectivity index (χ3n) is 0.960. The molecule has 1 unspecified atom stereocenters. The van der Waals surface area contributed by atoms with Gasteiger partial charge in [-0.25, -0.2) is 0 Å². The molecule has 1 atom stereocenters. The highest BCUT2D eigenvalue weighted by Crippen LogP contribution is 2.22. The monoisotopic (exact) mass is 188 g/mol. The SMILES string of the molecule is CN.NC(O)CCCC(F)(F)F. The van der Waals surface area contributed by atoms with E-state index in [-0.39, 0.29) is 12.8 Å². The molecule has 0 saturated heterocycles. The maximum atomic E-state index is 11.4. The molecule has 0 aromatic carbocycles. The van der Waals surface area contributed by atoms with Crippen molar-refractivity contribution in [2.24, 2.45) is 11.5 Å². The van der Waals surface area contributed by atoms with Crippen LogP contribution < -0.4 is 11.5 Å². The second-order valence-electron chi connectivity index (χ2n) is 2.07. The lowest BCUT2D eigenvalue weighted by atomic mass is 10.2. The van der Waals surface area contributed by atoms with Gasteiger partial charge in [-0.3, -0.25) is 0 Å².